The predicted molar refractivity (Wildman–Crippen MR) is 129 cm³/mol. The molecule has 2 aromatic carbocycles. The zero-order valence-corrected chi connectivity index (χ0v) is 19.7. The number of ether oxygens (including phenoxy) is 1. The standard InChI is InChI=1S/C23H22FN5O2S2/c1-3-14(12-25)28-20(30)10-18(26)31-19(27)11-21-29-17-9-8-16(22(24)23(17)33-21)13-4-6-15(32-2)7-5-13/h4-9,14,26-27H,3,10-11H2,1-2H3,(H,28,30). The largest absolute Gasteiger partial charge is 0.429 e. The molecule has 3 aromatic rings. The average molecular weight is 484 g/mol. The molecule has 7 nitrogen and oxygen atoms in total. The number of aromatic nitrogens is 1. The van der Waals surface area contributed by atoms with Gasteiger partial charge >= 0.3 is 0 Å². The Hall–Kier alpha value is -3.29. The van der Waals surface area contributed by atoms with E-state index < -0.39 is 17.8 Å². The van der Waals surface area contributed by atoms with Crippen LogP contribution in [0.15, 0.2) is 41.3 Å². The molecule has 3 rings (SSSR count). The Bertz CT molecular complexity index is 1230. The molecule has 1 atom stereocenters. The SMILES string of the molecule is CCC(C#N)NC(=O)CC(=N)OC(=N)Cc1nc2ccc(-c3ccc(SC)cc3)c(F)c2s1. The van der Waals surface area contributed by atoms with Crippen molar-refractivity contribution >= 4 is 51.0 Å². The molecule has 33 heavy (non-hydrogen) atoms. The first-order chi connectivity index (χ1) is 15.8. The van der Waals surface area contributed by atoms with Crippen LogP contribution in [0.5, 0.6) is 0 Å². The van der Waals surface area contributed by atoms with Crippen molar-refractivity contribution in [1.82, 2.24) is 10.3 Å². The van der Waals surface area contributed by atoms with Gasteiger partial charge in [0.25, 0.3) is 0 Å². The summed E-state index contributed by atoms with van der Waals surface area (Å²) >= 11 is 2.74. The number of thioether (sulfide) groups is 1. The Morgan fingerprint density at radius 3 is 2.64 bits per heavy atom. The van der Waals surface area contributed by atoms with Gasteiger partial charge in [0.15, 0.2) is 11.8 Å². The fourth-order valence-corrected chi connectivity index (χ4v) is 4.46. The van der Waals surface area contributed by atoms with Crippen LogP contribution in [-0.2, 0) is 16.0 Å². The molecule has 0 spiro atoms. The van der Waals surface area contributed by atoms with Crippen molar-refractivity contribution < 1.29 is 13.9 Å². The molecule has 1 unspecified atom stereocenters. The Balaban J connectivity index is 1.66. The number of nitrogens with zero attached hydrogens (tertiary/aromatic N) is 2. The number of nitriles is 1. The number of benzene rings is 2. The van der Waals surface area contributed by atoms with Gasteiger partial charge in [0, 0.05) is 10.5 Å². The number of carbonyl (C=O) groups excluding carboxylic acids is 1. The molecule has 0 bridgehead atoms. The zero-order chi connectivity index (χ0) is 24.0. The average Bonchev–Trinajstić information content (AvgIpc) is 3.20. The van der Waals surface area contributed by atoms with E-state index in [9.17, 15) is 4.79 Å². The fraction of sp³-hybridized carbons (Fsp3) is 0.261. The zero-order valence-electron chi connectivity index (χ0n) is 18.1. The van der Waals surface area contributed by atoms with Crippen LogP contribution in [0.2, 0.25) is 0 Å². The minimum absolute atomic E-state index is 0.0314. The summed E-state index contributed by atoms with van der Waals surface area (Å²) in [6, 6.07) is 12.4. The summed E-state index contributed by atoms with van der Waals surface area (Å²) in [7, 11) is 0. The van der Waals surface area contributed by atoms with E-state index in [0.717, 1.165) is 21.8 Å². The molecule has 0 aliphatic heterocycles. The molecule has 0 radical (unpaired) electrons. The monoisotopic (exact) mass is 483 g/mol. The Morgan fingerprint density at radius 2 is 2.00 bits per heavy atom. The number of fused-ring (bicyclic) bond motifs is 1. The summed E-state index contributed by atoms with van der Waals surface area (Å²) in [6.07, 6.45) is 2.02. The first-order valence-corrected chi connectivity index (χ1v) is 12.1. The van der Waals surface area contributed by atoms with Gasteiger partial charge in [0.2, 0.25) is 5.91 Å². The van der Waals surface area contributed by atoms with Crippen molar-refractivity contribution in [3.63, 3.8) is 0 Å². The van der Waals surface area contributed by atoms with E-state index in [4.69, 9.17) is 20.8 Å². The van der Waals surface area contributed by atoms with E-state index in [-0.39, 0.29) is 24.6 Å². The highest BCUT2D eigenvalue weighted by molar-refractivity contribution is 7.98. The fourth-order valence-electron chi connectivity index (χ4n) is 3.05. The smallest absolute Gasteiger partial charge is 0.230 e. The molecule has 0 aliphatic carbocycles. The molecule has 3 N–H and O–H groups in total. The number of amides is 1. The van der Waals surface area contributed by atoms with Gasteiger partial charge in [0.05, 0.1) is 22.7 Å². The number of hydrogen-bond acceptors (Lipinski definition) is 8. The minimum Gasteiger partial charge on any atom is -0.429 e. The number of hydrogen-bond donors (Lipinski definition) is 3. The van der Waals surface area contributed by atoms with Gasteiger partial charge in [-0.1, -0.05) is 19.1 Å². The molecule has 0 fully saturated rings. The lowest BCUT2D eigenvalue weighted by Crippen LogP contribution is -2.34. The van der Waals surface area contributed by atoms with Gasteiger partial charge in [-0.15, -0.1) is 23.1 Å². The third-order valence-electron chi connectivity index (χ3n) is 4.72. The minimum atomic E-state index is -0.629. The molecule has 1 heterocycles. The molecule has 0 saturated carbocycles. The van der Waals surface area contributed by atoms with E-state index in [2.05, 4.69) is 10.3 Å². The van der Waals surface area contributed by atoms with Crippen LogP contribution in [0.1, 0.15) is 24.8 Å². The second kappa shape index (κ2) is 11.0. The molecule has 1 aromatic heterocycles. The molecule has 0 aliphatic rings. The highest BCUT2D eigenvalue weighted by Gasteiger charge is 2.17. The number of thiazole rings is 1. The van der Waals surface area contributed by atoms with Gasteiger partial charge in [-0.25, -0.2) is 9.37 Å². The van der Waals surface area contributed by atoms with E-state index in [1.54, 1.807) is 30.8 Å². The van der Waals surface area contributed by atoms with Crippen molar-refractivity contribution in [2.75, 3.05) is 6.26 Å². The van der Waals surface area contributed by atoms with Crippen molar-refractivity contribution in [2.45, 2.75) is 37.1 Å². The lowest BCUT2D eigenvalue weighted by molar-refractivity contribution is -0.120. The molecule has 10 heteroatoms. The molecule has 170 valence electrons. The second-order valence-electron chi connectivity index (χ2n) is 7.07. The highest BCUT2D eigenvalue weighted by Crippen LogP contribution is 2.33. The molecular weight excluding hydrogens is 461 g/mol. The Morgan fingerprint density at radius 1 is 1.27 bits per heavy atom. The molecule has 1 amide bonds. The Kier molecular flexibility index (Phi) is 8.14. The maximum absolute atomic E-state index is 15.2. The quantitative estimate of drug-likeness (QED) is 0.232. The number of nitrogens with one attached hydrogen (secondary N) is 3. The van der Waals surface area contributed by atoms with Gasteiger partial charge in [-0.3, -0.25) is 15.6 Å². The Labute approximate surface area is 199 Å². The topological polar surface area (TPSA) is 123 Å². The summed E-state index contributed by atoms with van der Waals surface area (Å²) in [6.45, 7) is 1.76. The number of halogens is 1. The maximum atomic E-state index is 15.2. The van der Waals surface area contributed by atoms with Crippen LogP contribution < -0.4 is 5.32 Å². The van der Waals surface area contributed by atoms with Gasteiger partial charge in [-0.2, -0.15) is 5.26 Å². The van der Waals surface area contributed by atoms with Crippen LogP contribution >= 0.6 is 23.1 Å². The molecule has 0 saturated heterocycles. The van der Waals surface area contributed by atoms with Crippen LogP contribution in [0, 0.1) is 28.0 Å². The van der Waals surface area contributed by atoms with E-state index in [0.29, 0.717) is 27.2 Å². The third kappa shape index (κ3) is 6.15. The maximum Gasteiger partial charge on any atom is 0.230 e. The third-order valence-corrected chi connectivity index (χ3v) is 6.53. The number of rotatable bonds is 8. The summed E-state index contributed by atoms with van der Waals surface area (Å²) in [5.41, 5.74) is 1.74. The summed E-state index contributed by atoms with van der Waals surface area (Å²) in [5, 5.41) is 27.6. The first kappa shape index (κ1) is 24.4. The van der Waals surface area contributed by atoms with Crippen LogP contribution in [0.25, 0.3) is 21.3 Å². The van der Waals surface area contributed by atoms with Crippen LogP contribution in [0.4, 0.5) is 4.39 Å². The first-order valence-electron chi connectivity index (χ1n) is 10.1. The van der Waals surface area contributed by atoms with Crippen molar-refractivity contribution in [1.29, 1.82) is 16.1 Å². The summed E-state index contributed by atoms with van der Waals surface area (Å²) in [4.78, 5) is 17.3. The van der Waals surface area contributed by atoms with Gasteiger partial charge in [0.1, 0.15) is 23.3 Å². The predicted octanol–water partition coefficient (Wildman–Crippen LogP) is 5.15. The molecular formula is C23H22FN5O2S2. The summed E-state index contributed by atoms with van der Waals surface area (Å²) in [5.74, 6) is -1.57. The lowest BCUT2D eigenvalue weighted by atomic mass is 10.1. The van der Waals surface area contributed by atoms with E-state index in [1.807, 2.05) is 36.6 Å². The summed E-state index contributed by atoms with van der Waals surface area (Å²) < 4.78 is 20.7. The van der Waals surface area contributed by atoms with E-state index >= 15 is 4.39 Å². The van der Waals surface area contributed by atoms with Crippen molar-refractivity contribution in [3.05, 3.63) is 47.2 Å². The van der Waals surface area contributed by atoms with Crippen molar-refractivity contribution in [3.8, 4) is 17.2 Å². The highest BCUT2D eigenvalue weighted by atomic mass is 32.2. The van der Waals surface area contributed by atoms with Crippen LogP contribution in [0.3, 0.4) is 0 Å². The number of carbonyl (C=O) groups is 1. The van der Waals surface area contributed by atoms with E-state index in [1.165, 1.54) is 0 Å². The lowest BCUT2D eigenvalue weighted by Gasteiger charge is -2.10. The van der Waals surface area contributed by atoms with Gasteiger partial charge in [-0.05, 0) is 42.5 Å². The normalized spacial score (nSPS) is 11.6. The van der Waals surface area contributed by atoms with Crippen LogP contribution in [-0.4, -0.2) is 35.0 Å². The van der Waals surface area contributed by atoms with Gasteiger partial charge < -0.3 is 10.1 Å². The van der Waals surface area contributed by atoms with Crippen molar-refractivity contribution in [2.24, 2.45) is 0 Å². The second-order valence-corrected chi connectivity index (χ2v) is 9.03.